The molecule has 1 aliphatic rings. The first-order valence-electron chi connectivity index (χ1n) is 8.72. The number of tetrazole rings is 1. The molecule has 0 atom stereocenters. The molecule has 2 amide bonds. The van der Waals surface area contributed by atoms with Crippen LogP contribution in [0, 0.1) is 0 Å². The lowest BCUT2D eigenvalue weighted by Crippen LogP contribution is -2.32. The molecule has 8 nitrogen and oxygen atoms in total. The van der Waals surface area contributed by atoms with Crippen LogP contribution in [0.2, 0.25) is 5.02 Å². The summed E-state index contributed by atoms with van der Waals surface area (Å²) in [5, 5.41) is 12.8. The van der Waals surface area contributed by atoms with Gasteiger partial charge in [-0.2, -0.15) is 4.80 Å². The van der Waals surface area contributed by atoms with Gasteiger partial charge in [0.05, 0.1) is 17.7 Å². The van der Waals surface area contributed by atoms with Crippen LogP contribution in [0.25, 0.3) is 0 Å². The highest BCUT2D eigenvalue weighted by Gasteiger charge is 2.34. The number of benzene rings is 2. The molecule has 0 unspecified atom stereocenters. The second-order valence-corrected chi connectivity index (χ2v) is 6.60. The van der Waals surface area contributed by atoms with Crippen LogP contribution in [0.1, 0.15) is 26.5 Å². The minimum Gasteiger partial charge on any atom is -0.492 e. The van der Waals surface area contributed by atoms with Crippen molar-refractivity contribution in [2.75, 3.05) is 13.2 Å². The van der Waals surface area contributed by atoms with Gasteiger partial charge in [0.25, 0.3) is 11.8 Å². The minimum atomic E-state index is -0.288. The maximum atomic E-state index is 12.3. The van der Waals surface area contributed by atoms with Gasteiger partial charge >= 0.3 is 0 Å². The first-order valence-corrected chi connectivity index (χ1v) is 9.10. The first-order chi connectivity index (χ1) is 13.6. The SMILES string of the molecule is O=C1c2ccccc2C(=O)N1CCc1nnn(CCOc2ccc(Cl)cc2)n1. The van der Waals surface area contributed by atoms with Crippen LogP contribution >= 0.6 is 11.6 Å². The Balaban J connectivity index is 1.29. The largest absolute Gasteiger partial charge is 0.492 e. The van der Waals surface area contributed by atoms with Crippen molar-refractivity contribution in [3.8, 4) is 5.75 Å². The molecule has 0 spiro atoms. The third-order valence-electron chi connectivity index (χ3n) is 4.31. The minimum absolute atomic E-state index is 0.208. The van der Waals surface area contributed by atoms with E-state index in [1.54, 1.807) is 48.5 Å². The van der Waals surface area contributed by atoms with Gasteiger partial charge in [-0.15, -0.1) is 10.2 Å². The highest BCUT2D eigenvalue weighted by atomic mass is 35.5. The fourth-order valence-corrected chi connectivity index (χ4v) is 3.03. The predicted octanol–water partition coefficient (Wildman–Crippen LogP) is 2.24. The molecule has 3 aromatic rings. The first kappa shape index (κ1) is 18.1. The average Bonchev–Trinajstić information content (AvgIpc) is 3.25. The number of hydrogen-bond donors (Lipinski definition) is 0. The van der Waals surface area contributed by atoms with Crippen LogP contribution in [0.3, 0.4) is 0 Å². The lowest BCUT2D eigenvalue weighted by Gasteiger charge is -2.11. The van der Waals surface area contributed by atoms with E-state index in [1.165, 1.54) is 9.70 Å². The number of ether oxygens (including phenoxy) is 1. The van der Waals surface area contributed by atoms with Gasteiger partial charge in [0.15, 0.2) is 5.82 Å². The van der Waals surface area contributed by atoms with E-state index in [9.17, 15) is 9.59 Å². The van der Waals surface area contributed by atoms with Crippen LogP contribution < -0.4 is 4.74 Å². The monoisotopic (exact) mass is 397 g/mol. The molecular weight excluding hydrogens is 382 g/mol. The quantitative estimate of drug-likeness (QED) is 0.568. The van der Waals surface area contributed by atoms with Crippen molar-refractivity contribution >= 4 is 23.4 Å². The zero-order valence-corrected chi connectivity index (χ0v) is 15.5. The van der Waals surface area contributed by atoms with E-state index >= 15 is 0 Å². The van der Waals surface area contributed by atoms with Crippen LogP contribution in [0.4, 0.5) is 0 Å². The van der Waals surface area contributed by atoms with Gasteiger partial charge < -0.3 is 4.74 Å². The van der Waals surface area contributed by atoms with Crippen molar-refractivity contribution in [1.29, 1.82) is 0 Å². The number of rotatable bonds is 7. The molecule has 0 saturated carbocycles. The second-order valence-electron chi connectivity index (χ2n) is 6.16. The number of imide groups is 1. The van der Waals surface area contributed by atoms with Gasteiger partial charge in [-0.05, 0) is 41.6 Å². The van der Waals surface area contributed by atoms with Crippen molar-refractivity contribution < 1.29 is 14.3 Å². The third kappa shape index (κ3) is 3.72. The maximum Gasteiger partial charge on any atom is 0.261 e. The summed E-state index contributed by atoms with van der Waals surface area (Å²) < 4.78 is 5.59. The Morgan fingerprint density at radius 1 is 0.929 bits per heavy atom. The smallest absolute Gasteiger partial charge is 0.261 e. The Bertz CT molecular complexity index is 983. The Kier molecular flexibility index (Phi) is 5.03. The van der Waals surface area contributed by atoms with E-state index in [0.717, 1.165) is 0 Å². The third-order valence-corrected chi connectivity index (χ3v) is 4.56. The molecule has 142 valence electrons. The topological polar surface area (TPSA) is 90.2 Å². The molecule has 1 aliphatic heterocycles. The molecule has 2 aromatic carbocycles. The highest BCUT2D eigenvalue weighted by Crippen LogP contribution is 2.22. The fourth-order valence-electron chi connectivity index (χ4n) is 2.90. The van der Waals surface area contributed by atoms with Crippen LogP contribution in [0.5, 0.6) is 5.75 Å². The molecule has 1 aromatic heterocycles. The van der Waals surface area contributed by atoms with Crippen molar-refractivity contribution in [2.45, 2.75) is 13.0 Å². The Hall–Kier alpha value is -3.26. The van der Waals surface area contributed by atoms with Gasteiger partial charge in [0.2, 0.25) is 0 Å². The number of hydrogen-bond acceptors (Lipinski definition) is 6. The van der Waals surface area contributed by atoms with Gasteiger partial charge in [-0.3, -0.25) is 14.5 Å². The van der Waals surface area contributed by atoms with Crippen LogP contribution in [-0.4, -0.2) is 50.1 Å². The maximum absolute atomic E-state index is 12.3. The Morgan fingerprint density at radius 2 is 1.61 bits per heavy atom. The van der Waals surface area contributed by atoms with Crippen molar-refractivity contribution in [3.05, 3.63) is 70.5 Å². The number of amides is 2. The summed E-state index contributed by atoms with van der Waals surface area (Å²) in [6.07, 6.45) is 0.337. The van der Waals surface area contributed by atoms with E-state index in [1.807, 2.05) is 0 Å². The lowest BCUT2D eigenvalue weighted by atomic mass is 10.1. The fraction of sp³-hybridized carbons (Fsp3) is 0.211. The number of carbonyl (C=O) groups is 2. The number of aromatic nitrogens is 4. The van der Waals surface area contributed by atoms with Gasteiger partial charge in [0, 0.05) is 18.0 Å². The molecule has 28 heavy (non-hydrogen) atoms. The molecule has 0 bridgehead atoms. The molecule has 9 heteroatoms. The van der Waals surface area contributed by atoms with E-state index in [-0.39, 0.29) is 18.4 Å². The zero-order chi connectivity index (χ0) is 19.5. The summed E-state index contributed by atoms with van der Waals surface area (Å²) >= 11 is 5.83. The molecule has 0 fully saturated rings. The molecular formula is C19H16ClN5O3. The zero-order valence-electron chi connectivity index (χ0n) is 14.8. The Morgan fingerprint density at radius 3 is 2.29 bits per heavy atom. The van der Waals surface area contributed by atoms with E-state index in [4.69, 9.17) is 16.3 Å². The summed E-state index contributed by atoms with van der Waals surface area (Å²) in [5.74, 6) is 0.590. The van der Waals surface area contributed by atoms with Gasteiger partial charge in [0.1, 0.15) is 12.4 Å². The molecule has 0 saturated heterocycles. The van der Waals surface area contributed by atoms with E-state index in [2.05, 4.69) is 15.4 Å². The van der Waals surface area contributed by atoms with Gasteiger partial charge in [-0.25, -0.2) is 0 Å². The molecule has 0 radical (unpaired) electrons. The lowest BCUT2D eigenvalue weighted by molar-refractivity contribution is 0.0655. The number of halogens is 1. The van der Waals surface area contributed by atoms with Crippen LogP contribution in [0.15, 0.2) is 48.5 Å². The van der Waals surface area contributed by atoms with E-state index in [0.29, 0.717) is 47.3 Å². The summed E-state index contributed by atoms with van der Waals surface area (Å²) in [4.78, 5) is 27.3. The van der Waals surface area contributed by atoms with Crippen molar-refractivity contribution in [3.63, 3.8) is 0 Å². The predicted molar refractivity (Wildman–Crippen MR) is 100 cm³/mol. The van der Waals surface area contributed by atoms with Crippen molar-refractivity contribution in [1.82, 2.24) is 25.1 Å². The summed E-state index contributed by atoms with van der Waals surface area (Å²) in [6, 6.07) is 13.9. The Labute approximate surface area is 165 Å². The number of fused-ring (bicyclic) bond motifs is 1. The van der Waals surface area contributed by atoms with E-state index < -0.39 is 0 Å². The highest BCUT2D eigenvalue weighted by molar-refractivity contribution is 6.30. The molecule has 0 N–H and O–H groups in total. The molecule has 2 heterocycles. The molecule has 4 rings (SSSR count). The number of nitrogens with zero attached hydrogens (tertiary/aromatic N) is 5. The summed E-state index contributed by atoms with van der Waals surface area (Å²) in [7, 11) is 0. The van der Waals surface area contributed by atoms with Crippen LogP contribution in [-0.2, 0) is 13.0 Å². The summed E-state index contributed by atoms with van der Waals surface area (Å²) in [6.45, 7) is 0.998. The average molecular weight is 398 g/mol. The molecule has 0 aliphatic carbocycles. The standard InChI is InChI=1S/C19H16ClN5O3/c20-13-5-7-14(8-6-13)28-12-11-25-22-17(21-23-25)9-10-24-18(26)15-3-1-2-4-16(15)19(24)27/h1-8H,9-12H2. The summed E-state index contributed by atoms with van der Waals surface area (Å²) in [5.41, 5.74) is 0.868. The van der Waals surface area contributed by atoms with Gasteiger partial charge in [-0.1, -0.05) is 23.7 Å². The second kappa shape index (κ2) is 7.77. The number of carbonyl (C=O) groups excluding carboxylic acids is 2. The van der Waals surface area contributed by atoms with Crippen molar-refractivity contribution in [2.24, 2.45) is 0 Å². The normalized spacial score (nSPS) is 13.1.